The molecule has 0 radical (unpaired) electrons. The minimum atomic E-state index is -0.947. The molecule has 1 aliphatic heterocycles. The van der Waals surface area contributed by atoms with Gasteiger partial charge in [0.05, 0.1) is 36.4 Å². The highest BCUT2D eigenvalue weighted by molar-refractivity contribution is 5.96. The maximum atomic E-state index is 12.6. The molecule has 1 aromatic heterocycles. The van der Waals surface area contributed by atoms with Gasteiger partial charge in [0.15, 0.2) is 0 Å². The van der Waals surface area contributed by atoms with Crippen molar-refractivity contribution in [2.75, 3.05) is 32.9 Å². The lowest BCUT2D eigenvalue weighted by Crippen LogP contribution is -2.34. The molecule has 0 atom stereocenters. The second-order valence-corrected chi connectivity index (χ2v) is 9.10. The number of esters is 1. The second kappa shape index (κ2) is 11.6. The first-order chi connectivity index (χ1) is 17.9. The number of carboxylic acids is 1. The molecule has 3 aromatic rings. The predicted molar refractivity (Wildman–Crippen MR) is 140 cm³/mol. The summed E-state index contributed by atoms with van der Waals surface area (Å²) >= 11 is 0. The Balaban J connectivity index is 1.51. The van der Waals surface area contributed by atoms with Gasteiger partial charge in [-0.15, -0.1) is 0 Å². The molecule has 37 heavy (non-hydrogen) atoms. The van der Waals surface area contributed by atoms with Gasteiger partial charge < -0.3 is 23.9 Å². The maximum Gasteiger partial charge on any atom is 0.345 e. The van der Waals surface area contributed by atoms with Crippen LogP contribution in [0.5, 0.6) is 11.5 Å². The quantitative estimate of drug-likeness (QED) is 0.387. The molecule has 1 N–H and O–H groups in total. The number of aromatic carboxylic acids is 1. The molecule has 9 nitrogen and oxygen atoms in total. The SMILES string of the molecule is CCOC(=O)c1c(OCC)cc(CN2CCC(n3c(C)nc4cc(C(=O)O)ccc43)CC2)cc1OCC. The average Bonchev–Trinajstić information content (AvgIpc) is 3.20. The number of piperidine rings is 1. The van der Waals surface area contributed by atoms with Crippen LogP contribution in [0.25, 0.3) is 11.0 Å². The number of rotatable bonds is 10. The van der Waals surface area contributed by atoms with Crippen molar-refractivity contribution in [3.63, 3.8) is 0 Å². The number of carbonyl (C=O) groups is 2. The van der Waals surface area contributed by atoms with Crippen molar-refractivity contribution >= 4 is 23.0 Å². The Hall–Kier alpha value is -3.59. The third-order valence-corrected chi connectivity index (χ3v) is 6.65. The van der Waals surface area contributed by atoms with E-state index < -0.39 is 11.9 Å². The normalized spacial score (nSPS) is 14.6. The van der Waals surface area contributed by atoms with E-state index in [1.807, 2.05) is 39.0 Å². The Labute approximate surface area is 216 Å². The summed E-state index contributed by atoms with van der Waals surface area (Å²) in [6, 6.07) is 9.27. The zero-order chi connectivity index (χ0) is 26.5. The van der Waals surface area contributed by atoms with E-state index in [9.17, 15) is 14.7 Å². The van der Waals surface area contributed by atoms with Gasteiger partial charge in [0.2, 0.25) is 0 Å². The van der Waals surface area contributed by atoms with E-state index in [1.165, 1.54) is 0 Å². The van der Waals surface area contributed by atoms with Crippen LogP contribution in [0.1, 0.15) is 71.8 Å². The largest absolute Gasteiger partial charge is 0.493 e. The molecule has 1 aliphatic rings. The lowest BCUT2D eigenvalue weighted by molar-refractivity contribution is 0.0516. The minimum absolute atomic E-state index is 0.249. The molecule has 1 fully saturated rings. The summed E-state index contributed by atoms with van der Waals surface area (Å²) in [4.78, 5) is 31.0. The van der Waals surface area contributed by atoms with Crippen molar-refractivity contribution in [2.24, 2.45) is 0 Å². The van der Waals surface area contributed by atoms with Gasteiger partial charge in [0.25, 0.3) is 0 Å². The highest BCUT2D eigenvalue weighted by atomic mass is 16.5. The summed E-state index contributed by atoms with van der Waals surface area (Å²) in [6.07, 6.45) is 1.90. The van der Waals surface area contributed by atoms with Crippen molar-refractivity contribution in [1.82, 2.24) is 14.5 Å². The van der Waals surface area contributed by atoms with E-state index in [4.69, 9.17) is 14.2 Å². The van der Waals surface area contributed by atoms with Gasteiger partial charge in [0.1, 0.15) is 22.9 Å². The molecule has 2 heterocycles. The first-order valence-electron chi connectivity index (χ1n) is 12.9. The first-order valence-corrected chi connectivity index (χ1v) is 12.9. The smallest absolute Gasteiger partial charge is 0.345 e. The molecule has 0 aliphatic carbocycles. The molecule has 4 rings (SSSR count). The van der Waals surface area contributed by atoms with Crippen LogP contribution in [0.3, 0.4) is 0 Å². The van der Waals surface area contributed by atoms with Crippen molar-refractivity contribution in [3.05, 3.63) is 52.8 Å². The number of hydrogen-bond donors (Lipinski definition) is 1. The third kappa shape index (κ3) is 5.72. The number of fused-ring (bicyclic) bond motifs is 1. The molecule has 198 valence electrons. The van der Waals surface area contributed by atoms with E-state index in [-0.39, 0.29) is 12.2 Å². The zero-order valence-electron chi connectivity index (χ0n) is 22.0. The van der Waals surface area contributed by atoms with Crippen LogP contribution in [-0.2, 0) is 11.3 Å². The first kappa shape index (κ1) is 26.5. The van der Waals surface area contributed by atoms with Gasteiger partial charge in [-0.2, -0.15) is 0 Å². The van der Waals surface area contributed by atoms with E-state index in [1.54, 1.807) is 19.1 Å². The second-order valence-electron chi connectivity index (χ2n) is 9.10. The number of aryl methyl sites for hydroxylation is 1. The van der Waals surface area contributed by atoms with Crippen LogP contribution in [0, 0.1) is 6.92 Å². The van der Waals surface area contributed by atoms with Gasteiger partial charge in [-0.1, -0.05) is 0 Å². The number of carboxylic acid groups (broad SMARTS) is 1. The van der Waals surface area contributed by atoms with E-state index in [0.717, 1.165) is 42.8 Å². The molecule has 2 aromatic carbocycles. The van der Waals surface area contributed by atoms with Crippen LogP contribution in [-0.4, -0.2) is 64.4 Å². The number of likely N-dealkylation sites (tertiary alicyclic amines) is 1. The number of imidazole rings is 1. The molecule has 0 amide bonds. The molecular weight excluding hydrogens is 474 g/mol. The molecule has 0 bridgehead atoms. The van der Waals surface area contributed by atoms with E-state index in [0.29, 0.717) is 48.4 Å². The fourth-order valence-electron chi connectivity index (χ4n) is 5.09. The van der Waals surface area contributed by atoms with Crippen molar-refractivity contribution in [1.29, 1.82) is 0 Å². The number of ether oxygens (including phenoxy) is 3. The van der Waals surface area contributed by atoms with E-state index in [2.05, 4.69) is 14.5 Å². The molecule has 9 heteroatoms. The van der Waals surface area contributed by atoms with Crippen molar-refractivity contribution < 1.29 is 28.9 Å². The van der Waals surface area contributed by atoms with Gasteiger partial charge in [0, 0.05) is 25.7 Å². The van der Waals surface area contributed by atoms with Gasteiger partial charge >= 0.3 is 11.9 Å². The number of hydrogen-bond acceptors (Lipinski definition) is 7. The molecule has 0 spiro atoms. The summed E-state index contributed by atoms with van der Waals surface area (Å²) in [5, 5.41) is 9.30. The van der Waals surface area contributed by atoms with Crippen LogP contribution in [0.2, 0.25) is 0 Å². The maximum absolute atomic E-state index is 12.6. The Morgan fingerprint density at radius 3 is 2.22 bits per heavy atom. The lowest BCUT2D eigenvalue weighted by atomic mass is 10.0. The standard InChI is InChI=1S/C28H35N3O6/c1-5-35-24-14-19(15-25(36-6-2)26(24)28(34)37-7-3)17-30-12-10-21(11-13-30)31-18(4)29-22-16-20(27(32)33)8-9-23(22)31/h8-9,14-16,21H,5-7,10-13,17H2,1-4H3,(H,32,33). The summed E-state index contributed by atoms with van der Waals surface area (Å²) in [7, 11) is 0. The number of nitrogens with zero attached hydrogens (tertiary/aromatic N) is 3. The van der Waals surface area contributed by atoms with Crippen LogP contribution in [0.4, 0.5) is 0 Å². The van der Waals surface area contributed by atoms with Crippen LogP contribution in [0.15, 0.2) is 30.3 Å². The Morgan fingerprint density at radius 1 is 1.00 bits per heavy atom. The molecule has 0 saturated carbocycles. The van der Waals surface area contributed by atoms with Crippen molar-refractivity contribution in [2.45, 2.75) is 53.1 Å². The Bertz CT molecular complexity index is 1250. The monoisotopic (exact) mass is 509 g/mol. The Morgan fingerprint density at radius 2 is 1.65 bits per heavy atom. The highest BCUT2D eigenvalue weighted by Gasteiger charge is 2.26. The lowest BCUT2D eigenvalue weighted by Gasteiger charge is -2.33. The van der Waals surface area contributed by atoms with Crippen LogP contribution >= 0.6 is 0 Å². The number of aromatic nitrogens is 2. The van der Waals surface area contributed by atoms with Gasteiger partial charge in [-0.05, 0) is 76.4 Å². The third-order valence-electron chi connectivity index (χ3n) is 6.65. The average molecular weight is 510 g/mol. The fourth-order valence-corrected chi connectivity index (χ4v) is 5.09. The predicted octanol–water partition coefficient (Wildman–Crippen LogP) is 4.85. The summed E-state index contributed by atoms with van der Waals surface area (Å²) in [5.41, 5.74) is 3.29. The fraction of sp³-hybridized carbons (Fsp3) is 0.464. The minimum Gasteiger partial charge on any atom is -0.493 e. The number of benzene rings is 2. The highest BCUT2D eigenvalue weighted by Crippen LogP contribution is 2.34. The van der Waals surface area contributed by atoms with Gasteiger partial charge in [-0.3, -0.25) is 4.90 Å². The topological polar surface area (TPSA) is 103 Å². The molecular formula is C28H35N3O6. The summed E-state index contributed by atoms with van der Waals surface area (Å²) in [6.45, 7) is 11.2. The van der Waals surface area contributed by atoms with Crippen LogP contribution < -0.4 is 9.47 Å². The number of carbonyl (C=O) groups excluding carboxylic acids is 1. The molecule has 1 saturated heterocycles. The van der Waals surface area contributed by atoms with Gasteiger partial charge in [-0.25, -0.2) is 14.6 Å². The van der Waals surface area contributed by atoms with Crippen molar-refractivity contribution in [3.8, 4) is 11.5 Å². The van der Waals surface area contributed by atoms with E-state index >= 15 is 0 Å². The summed E-state index contributed by atoms with van der Waals surface area (Å²) < 4.78 is 19.1. The molecule has 0 unspecified atom stereocenters. The zero-order valence-corrected chi connectivity index (χ0v) is 22.0. The summed E-state index contributed by atoms with van der Waals surface area (Å²) in [5.74, 6) is 0.474. The Kier molecular flexibility index (Phi) is 8.33.